The van der Waals surface area contributed by atoms with E-state index in [1.165, 1.54) is 6.07 Å². The van der Waals surface area contributed by atoms with Crippen LogP contribution >= 0.6 is 0 Å². The number of hydrogen-bond donors (Lipinski definition) is 3. The quantitative estimate of drug-likeness (QED) is 0.781. The third-order valence-electron chi connectivity index (χ3n) is 3.74. The van der Waals surface area contributed by atoms with Gasteiger partial charge in [-0.05, 0) is 37.5 Å². The summed E-state index contributed by atoms with van der Waals surface area (Å²) in [4.78, 5) is 12.1. The van der Waals surface area contributed by atoms with E-state index in [1.54, 1.807) is 6.92 Å². The van der Waals surface area contributed by atoms with Gasteiger partial charge in [-0.15, -0.1) is 0 Å². The van der Waals surface area contributed by atoms with Crippen molar-refractivity contribution in [1.29, 1.82) is 0 Å². The van der Waals surface area contributed by atoms with Crippen LogP contribution in [0.5, 0.6) is 0 Å². The van der Waals surface area contributed by atoms with E-state index in [0.29, 0.717) is 11.6 Å². The first kappa shape index (κ1) is 15.9. The molecule has 116 valence electrons. The maximum Gasteiger partial charge on any atom is 0.239 e. The van der Waals surface area contributed by atoms with Gasteiger partial charge in [0.1, 0.15) is 6.04 Å². The number of carbonyl (C=O) groups excluding carboxylic acids is 1. The van der Waals surface area contributed by atoms with Crippen LogP contribution in [0.4, 0.5) is 8.78 Å². The lowest BCUT2D eigenvalue weighted by molar-refractivity contribution is -0.123. The van der Waals surface area contributed by atoms with Crippen molar-refractivity contribution in [1.82, 2.24) is 16.2 Å². The van der Waals surface area contributed by atoms with E-state index in [9.17, 15) is 13.6 Å². The number of benzene rings is 1. The Balaban J connectivity index is 1.91. The number of nitrogens with one attached hydrogen (secondary N) is 3. The molecule has 1 aliphatic rings. The van der Waals surface area contributed by atoms with Crippen molar-refractivity contribution in [3.63, 3.8) is 0 Å². The molecule has 0 aliphatic carbocycles. The summed E-state index contributed by atoms with van der Waals surface area (Å²) in [5.74, 6) is -1.93. The first-order chi connectivity index (χ1) is 10.0. The lowest BCUT2D eigenvalue weighted by atomic mass is 10.0. The number of carbonyl (C=O) groups is 1. The molecule has 0 radical (unpaired) electrons. The van der Waals surface area contributed by atoms with Gasteiger partial charge >= 0.3 is 0 Å². The molecular weight excluding hydrogens is 276 g/mol. The highest BCUT2D eigenvalue weighted by Crippen LogP contribution is 2.17. The van der Waals surface area contributed by atoms with Crippen LogP contribution in [0, 0.1) is 11.6 Å². The molecule has 21 heavy (non-hydrogen) atoms. The van der Waals surface area contributed by atoms with Gasteiger partial charge in [0.15, 0.2) is 11.6 Å². The van der Waals surface area contributed by atoms with Crippen molar-refractivity contribution in [2.75, 3.05) is 0 Å². The Morgan fingerprint density at radius 3 is 2.81 bits per heavy atom. The molecule has 3 N–H and O–H groups in total. The molecule has 2 rings (SSSR count). The minimum absolute atomic E-state index is 0.140. The second kappa shape index (κ2) is 6.95. The van der Waals surface area contributed by atoms with Crippen molar-refractivity contribution >= 4 is 5.91 Å². The number of rotatable bonds is 5. The molecule has 3 unspecified atom stereocenters. The molecule has 1 heterocycles. The van der Waals surface area contributed by atoms with Crippen molar-refractivity contribution in [3.8, 4) is 0 Å². The highest BCUT2D eigenvalue weighted by atomic mass is 19.2. The Kier molecular flexibility index (Phi) is 5.25. The van der Waals surface area contributed by atoms with Crippen LogP contribution in [0.3, 0.4) is 0 Å². The zero-order chi connectivity index (χ0) is 15.4. The molecule has 4 nitrogen and oxygen atoms in total. The summed E-state index contributed by atoms with van der Waals surface area (Å²) < 4.78 is 26.1. The minimum Gasteiger partial charge on any atom is -0.348 e. The molecule has 1 saturated heterocycles. The molecule has 1 aliphatic heterocycles. The van der Waals surface area contributed by atoms with Crippen LogP contribution < -0.4 is 16.2 Å². The fourth-order valence-corrected chi connectivity index (χ4v) is 2.51. The van der Waals surface area contributed by atoms with Crippen molar-refractivity contribution < 1.29 is 13.6 Å². The zero-order valence-corrected chi connectivity index (χ0v) is 12.2. The van der Waals surface area contributed by atoms with Crippen molar-refractivity contribution in [2.45, 2.75) is 51.2 Å². The van der Waals surface area contributed by atoms with Gasteiger partial charge in [0.2, 0.25) is 5.91 Å². The molecule has 1 aromatic rings. The van der Waals surface area contributed by atoms with Crippen LogP contribution in [-0.4, -0.2) is 18.0 Å². The summed E-state index contributed by atoms with van der Waals surface area (Å²) in [6.45, 7) is 3.84. The number of halogens is 2. The van der Waals surface area contributed by atoms with E-state index < -0.39 is 11.6 Å². The van der Waals surface area contributed by atoms with Gasteiger partial charge in [-0.3, -0.25) is 10.2 Å². The van der Waals surface area contributed by atoms with E-state index >= 15 is 0 Å². The van der Waals surface area contributed by atoms with Gasteiger partial charge in [0.25, 0.3) is 0 Å². The smallest absolute Gasteiger partial charge is 0.239 e. The first-order valence-electron chi connectivity index (χ1n) is 7.27. The van der Waals surface area contributed by atoms with E-state index in [-0.39, 0.29) is 18.0 Å². The van der Waals surface area contributed by atoms with Crippen LogP contribution in [0.15, 0.2) is 18.2 Å². The number of hydrogen-bond acceptors (Lipinski definition) is 3. The average Bonchev–Trinajstić information content (AvgIpc) is 2.91. The number of hydrazine groups is 1. The SMILES string of the molecule is CCCC1CC(C(=O)NC(C)c2ccc(F)c(F)c2)NN1. The van der Waals surface area contributed by atoms with Crippen LogP contribution in [-0.2, 0) is 4.79 Å². The summed E-state index contributed by atoms with van der Waals surface area (Å²) in [7, 11) is 0. The summed E-state index contributed by atoms with van der Waals surface area (Å²) in [6.07, 6.45) is 2.79. The van der Waals surface area contributed by atoms with Crippen molar-refractivity contribution in [2.24, 2.45) is 0 Å². The van der Waals surface area contributed by atoms with E-state index in [1.807, 2.05) is 0 Å². The second-order valence-corrected chi connectivity index (χ2v) is 5.47. The molecule has 6 heteroatoms. The Morgan fingerprint density at radius 2 is 2.14 bits per heavy atom. The van der Waals surface area contributed by atoms with Gasteiger partial charge in [-0.2, -0.15) is 0 Å². The molecule has 0 spiro atoms. The lowest BCUT2D eigenvalue weighted by Crippen LogP contribution is -2.44. The zero-order valence-electron chi connectivity index (χ0n) is 12.2. The first-order valence-corrected chi connectivity index (χ1v) is 7.27. The van der Waals surface area contributed by atoms with E-state index in [2.05, 4.69) is 23.1 Å². The highest BCUT2D eigenvalue weighted by molar-refractivity contribution is 5.82. The molecule has 3 atom stereocenters. The topological polar surface area (TPSA) is 53.2 Å². The fourth-order valence-electron chi connectivity index (χ4n) is 2.51. The molecular formula is C15H21F2N3O. The predicted molar refractivity (Wildman–Crippen MR) is 76.3 cm³/mol. The largest absolute Gasteiger partial charge is 0.348 e. The van der Waals surface area contributed by atoms with E-state index in [0.717, 1.165) is 31.4 Å². The monoisotopic (exact) mass is 297 g/mol. The predicted octanol–water partition coefficient (Wildman–Crippen LogP) is 2.18. The summed E-state index contributed by atoms with van der Waals surface area (Å²) in [6, 6.07) is 3.28. The Bertz CT molecular complexity index is 510. The summed E-state index contributed by atoms with van der Waals surface area (Å²) >= 11 is 0. The Labute approximate surface area is 123 Å². The Hall–Kier alpha value is -1.53. The summed E-state index contributed by atoms with van der Waals surface area (Å²) in [5.41, 5.74) is 6.61. The molecule has 0 bridgehead atoms. The normalized spacial score (nSPS) is 23.0. The van der Waals surface area contributed by atoms with Crippen LogP contribution in [0.1, 0.15) is 44.7 Å². The third-order valence-corrected chi connectivity index (χ3v) is 3.74. The molecule has 0 saturated carbocycles. The molecule has 0 aromatic heterocycles. The summed E-state index contributed by atoms with van der Waals surface area (Å²) in [5, 5.41) is 2.82. The molecule has 1 aromatic carbocycles. The standard InChI is InChI=1S/C15H21F2N3O/c1-3-4-11-8-14(20-19-11)15(21)18-9(2)10-5-6-12(16)13(17)7-10/h5-7,9,11,14,19-20H,3-4,8H2,1-2H3,(H,18,21). The second-order valence-electron chi connectivity index (χ2n) is 5.47. The maximum absolute atomic E-state index is 13.2. The van der Waals surface area contributed by atoms with Gasteiger partial charge in [-0.1, -0.05) is 19.4 Å². The number of amides is 1. The van der Waals surface area contributed by atoms with Gasteiger partial charge < -0.3 is 5.32 Å². The van der Waals surface area contributed by atoms with Gasteiger partial charge in [-0.25, -0.2) is 14.2 Å². The average molecular weight is 297 g/mol. The van der Waals surface area contributed by atoms with Crippen LogP contribution in [0.25, 0.3) is 0 Å². The molecule has 1 amide bonds. The van der Waals surface area contributed by atoms with Crippen molar-refractivity contribution in [3.05, 3.63) is 35.4 Å². The fraction of sp³-hybridized carbons (Fsp3) is 0.533. The molecule has 1 fully saturated rings. The highest BCUT2D eigenvalue weighted by Gasteiger charge is 2.29. The maximum atomic E-state index is 13.2. The third kappa shape index (κ3) is 3.98. The van der Waals surface area contributed by atoms with E-state index in [4.69, 9.17) is 0 Å². The minimum atomic E-state index is -0.905. The van der Waals surface area contributed by atoms with Gasteiger partial charge in [0.05, 0.1) is 6.04 Å². The van der Waals surface area contributed by atoms with Gasteiger partial charge in [0, 0.05) is 6.04 Å². The lowest BCUT2D eigenvalue weighted by Gasteiger charge is -2.17. The van der Waals surface area contributed by atoms with Crippen LogP contribution in [0.2, 0.25) is 0 Å². The Morgan fingerprint density at radius 1 is 1.38 bits per heavy atom.